The van der Waals surface area contributed by atoms with Crippen LogP contribution in [0.1, 0.15) is 30.0 Å². The molecule has 0 aliphatic carbocycles. The van der Waals surface area contributed by atoms with Gasteiger partial charge in [-0.05, 0) is 35.9 Å². The van der Waals surface area contributed by atoms with Crippen molar-refractivity contribution < 1.29 is 0 Å². The van der Waals surface area contributed by atoms with Crippen molar-refractivity contribution in [2.24, 2.45) is 0 Å². The first kappa shape index (κ1) is 10.7. The van der Waals surface area contributed by atoms with Crippen molar-refractivity contribution in [2.45, 2.75) is 19.4 Å². The summed E-state index contributed by atoms with van der Waals surface area (Å²) in [5.74, 6) is 0. The van der Waals surface area contributed by atoms with Crippen LogP contribution in [0.2, 0.25) is 0 Å². The quantitative estimate of drug-likeness (QED) is 0.871. The SMILES string of the molecule is CCCNC(c1csnn1)c1cccs1. The molecule has 0 saturated carbocycles. The molecule has 0 spiro atoms. The van der Waals surface area contributed by atoms with E-state index in [9.17, 15) is 0 Å². The number of thiophene rings is 1. The van der Waals surface area contributed by atoms with Crippen LogP contribution in [0.5, 0.6) is 0 Å². The normalized spacial score (nSPS) is 12.9. The van der Waals surface area contributed by atoms with Gasteiger partial charge in [-0.1, -0.05) is 17.5 Å². The predicted octanol–water partition coefficient (Wildman–Crippen LogP) is 2.69. The summed E-state index contributed by atoms with van der Waals surface area (Å²) in [6.07, 6.45) is 1.12. The Labute approximate surface area is 97.3 Å². The standard InChI is InChI=1S/C10H13N3S2/c1-2-5-11-10(8-7-15-13-12-8)9-4-3-6-14-9/h3-4,6-7,10-11H,2,5H2,1H3. The predicted molar refractivity (Wildman–Crippen MR) is 64.4 cm³/mol. The highest BCUT2D eigenvalue weighted by Crippen LogP contribution is 2.24. The Kier molecular flexibility index (Phi) is 3.82. The fraction of sp³-hybridized carbons (Fsp3) is 0.400. The molecule has 3 nitrogen and oxygen atoms in total. The van der Waals surface area contributed by atoms with E-state index in [1.807, 2.05) is 5.38 Å². The van der Waals surface area contributed by atoms with Gasteiger partial charge in [0.05, 0.1) is 11.7 Å². The molecular formula is C10H13N3S2. The Morgan fingerprint density at radius 1 is 1.53 bits per heavy atom. The van der Waals surface area contributed by atoms with E-state index < -0.39 is 0 Å². The van der Waals surface area contributed by atoms with Crippen molar-refractivity contribution in [3.63, 3.8) is 0 Å². The topological polar surface area (TPSA) is 37.8 Å². The Bertz CT molecular complexity index is 335. The van der Waals surface area contributed by atoms with Crippen LogP contribution >= 0.6 is 22.9 Å². The Hall–Kier alpha value is -0.780. The molecule has 1 N–H and O–H groups in total. The minimum absolute atomic E-state index is 0.212. The highest BCUT2D eigenvalue weighted by atomic mass is 32.1. The van der Waals surface area contributed by atoms with Crippen molar-refractivity contribution in [3.8, 4) is 0 Å². The van der Waals surface area contributed by atoms with E-state index in [0.717, 1.165) is 18.7 Å². The van der Waals surface area contributed by atoms with Crippen molar-refractivity contribution >= 4 is 22.9 Å². The summed E-state index contributed by atoms with van der Waals surface area (Å²) in [7, 11) is 0. The summed E-state index contributed by atoms with van der Waals surface area (Å²) < 4.78 is 3.92. The summed E-state index contributed by atoms with van der Waals surface area (Å²) in [5.41, 5.74) is 1.02. The Morgan fingerprint density at radius 3 is 3.07 bits per heavy atom. The minimum Gasteiger partial charge on any atom is -0.304 e. The second kappa shape index (κ2) is 5.34. The highest BCUT2D eigenvalue weighted by molar-refractivity contribution is 7.10. The molecule has 0 aromatic carbocycles. The molecule has 15 heavy (non-hydrogen) atoms. The van der Waals surface area contributed by atoms with E-state index in [-0.39, 0.29) is 6.04 Å². The summed E-state index contributed by atoms with van der Waals surface area (Å²) in [6, 6.07) is 4.42. The average Bonchev–Trinajstić information content (AvgIpc) is 2.90. The van der Waals surface area contributed by atoms with Crippen LogP contribution in [0.3, 0.4) is 0 Å². The largest absolute Gasteiger partial charge is 0.304 e. The van der Waals surface area contributed by atoms with Crippen molar-refractivity contribution in [3.05, 3.63) is 33.5 Å². The van der Waals surface area contributed by atoms with E-state index in [1.165, 1.54) is 16.4 Å². The molecule has 2 rings (SSSR count). The van der Waals surface area contributed by atoms with Gasteiger partial charge in [0.1, 0.15) is 0 Å². The van der Waals surface area contributed by atoms with Crippen LogP contribution in [-0.4, -0.2) is 16.1 Å². The fourth-order valence-electron chi connectivity index (χ4n) is 1.39. The third-order valence-electron chi connectivity index (χ3n) is 2.10. The first-order valence-corrected chi connectivity index (χ1v) is 6.67. The zero-order valence-electron chi connectivity index (χ0n) is 8.51. The van der Waals surface area contributed by atoms with Gasteiger partial charge < -0.3 is 5.32 Å². The molecule has 0 amide bonds. The molecule has 80 valence electrons. The number of aromatic nitrogens is 2. The van der Waals surface area contributed by atoms with Gasteiger partial charge >= 0.3 is 0 Å². The second-order valence-corrected chi connectivity index (χ2v) is 4.82. The number of hydrogen-bond acceptors (Lipinski definition) is 5. The molecule has 0 bridgehead atoms. The molecule has 2 aromatic heterocycles. The van der Waals surface area contributed by atoms with Gasteiger partial charge in [-0.3, -0.25) is 0 Å². The lowest BCUT2D eigenvalue weighted by molar-refractivity contribution is 0.592. The average molecular weight is 239 g/mol. The van der Waals surface area contributed by atoms with Crippen LogP contribution < -0.4 is 5.32 Å². The maximum atomic E-state index is 4.14. The molecule has 1 atom stereocenters. The van der Waals surface area contributed by atoms with Crippen LogP contribution in [0.15, 0.2) is 22.9 Å². The van der Waals surface area contributed by atoms with Gasteiger partial charge in [0.15, 0.2) is 0 Å². The minimum atomic E-state index is 0.212. The van der Waals surface area contributed by atoms with Crippen LogP contribution in [0, 0.1) is 0 Å². The lowest BCUT2D eigenvalue weighted by Crippen LogP contribution is -2.22. The number of nitrogens with one attached hydrogen (secondary N) is 1. The van der Waals surface area contributed by atoms with E-state index in [2.05, 4.69) is 39.3 Å². The maximum absolute atomic E-state index is 4.14. The van der Waals surface area contributed by atoms with Gasteiger partial charge in [-0.25, -0.2) is 0 Å². The lowest BCUT2D eigenvalue weighted by atomic mass is 10.2. The molecule has 0 radical (unpaired) electrons. The molecule has 2 heterocycles. The van der Waals surface area contributed by atoms with Gasteiger partial charge in [0.2, 0.25) is 0 Å². The molecule has 2 aromatic rings. The molecule has 0 saturated heterocycles. The number of hydrogen-bond donors (Lipinski definition) is 1. The van der Waals surface area contributed by atoms with E-state index in [1.54, 1.807) is 11.3 Å². The van der Waals surface area contributed by atoms with Crippen molar-refractivity contribution in [2.75, 3.05) is 6.54 Å². The third-order valence-corrected chi connectivity index (χ3v) is 3.56. The number of rotatable bonds is 5. The highest BCUT2D eigenvalue weighted by Gasteiger charge is 2.16. The van der Waals surface area contributed by atoms with E-state index in [4.69, 9.17) is 0 Å². The lowest BCUT2D eigenvalue weighted by Gasteiger charge is -2.13. The van der Waals surface area contributed by atoms with Gasteiger partial charge in [0, 0.05) is 10.3 Å². The van der Waals surface area contributed by atoms with Crippen molar-refractivity contribution in [1.29, 1.82) is 0 Å². The van der Waals surface area contributed by atoms with E-state index >= 15 is 0 Å². The molecule has 0 aliphatic rings. The molecule has 0 aliphatic heterocycles. The Balaban J connectivity index is 2.17. The molecule has 1 unspecified atom stereocenters. The first-order valence-electron chi connectivity index (χ1n) is 4.95. The second-order valence-electron chi connectivity index (χ2n) is 3.23. The van der Waals surface area contributed by atoms with Crippen LogP contribution in [0.25, 0.3) is 0 Å². The van der Waals surface area contributed by atoms with Crippen LogP contribution in [-0.2, 0) is 0 Å². The van der Waals surface area contributed by atoms with Gasteiger partial charge in [-0.15, -0.1) is 16.4 Å². The molecule has 0 fully saturated rings. The maximum Gasteiger partial charge on any atom is 0.0978 e. The zero-order valence-corrected chi connectivity index (χ0v) is 10.1. The third kappa shape index (κ3) is 2.62. The summed E-state index contributed by atoms with van der Waals surface area (Å²) in [6.45, 7) is 3.16. The Morgan fingerprint density at radius 2 is 2.47 bits per heavy atom. The monoisotopic (exact) mass is 239 g/mol. The smallest absolute Gasteiger partial charge is 0.0978 e. The summed E-state index contributed by atoms with van der Waals surface area (Å²) >= 11 is 3.16. The van der Waals surface area contributed by atoms with Gasteiger partial charge in [0.25, 0.3) is 0 Å². The zero-order chi connectivity index (χ0) is 10.5. The first-order chi connectivity index (χ1) is 7.42. The summed E-state index contributed by atoms with van der Waals surface area (Å²) in [5, 5.41) is 11.7. The van der Waals surface area contributed by atoms with E-state index in [0.29, 0.717) is 0 Å². The fourth-order valence-corrected chi connectivity index (χ4v) is 2.68. The number of nitrogens with zero attached hydrogens (tertiary/aromatic N) is 2. The van der Waals surface area contributed by atoms with Crippen molar-refractivity contribution in [1.82, 2.24) is 14.9 Å². The summed E-state index contributed by atoms with van der Waals surface area (Å²) in [4.78, 5) is 1.30. The molecule has 5 heteroatoms. The van der Waals surface area contributed by atoms with Crippen LogP contribution in [0.4, 0.5) is 0 Å². The van der Waals surface area contributed by atoms with Gasteiger partial charge in [-0.2, -0.15) is 0 Å². The molecular weight excluding hydrogens is 226 g/mol.